The highest BCUT2D eigenvalue weighted by Gasteiger charge is 2.08. The number of aliphatic hydroxyl groups excluding tert-OH is 1. The van der Waals surface area contributed by atoms with E-state index in [1.54, 1.807) is 0 Å². The van der Waals surface area contributed by atoms with Gasteiger partial charge in [-0.05, 0) is 0 Å². The van der Waals surface area contributed by atoms with Gasteiger partial charge in [0.1, 0.15) is 0 Å². The van der Waals surface area contributed by atoms with E-state index in [1.807, 2.05) is 0 Å². The molecule has 0 aromatic carbocycles. The average molecular weight is 153 g/mol. The van der Waals surface area contributed by atoms with E-state index in [2.05, 4.69) is 4.74 Å². The first-order valence-corrected chi connectivity index (χ1v) is 3.05. The van der Waals surface area contributed by atoms with Gasteiger partial charge < -0.3 is 9.84 Å². The van der Waals surface area contributed by atoms with Crippen molar-refractivity contribution in [3.05, 3.63) is 0 Å². The minimum Gasteiger partial charge on any atom is -0.469 e. The van der Waals surface area contributed by atoms with Crippen LogP contribution < -0.4 is 0 Å². The van der Waals surface area contributed by atoms with Gasteiger partial charge in [-0.1, -0.05) is 0 Å². The lowest BCUT2D eigenvalue weighted by molar-refractivity contribution is -0.142. The topological polar surface area (TPSA) is 46.5 Å². The second-order valence-corrected chi connectivity index (χ2v) is 1.90. The quantitative estimate of drug-likeness (QED) is 0.463. The van der Waals surface area contributed by atoms with Gasteiger partial charge in [0, 0.05) is 5.88 Å². The van der Waals surface area contributed by atoms with Crippen molar-refractivity contribution in [1.29, 1.82) is 0 Å². The number of carbonyl (C=O) groups excluding carboxylic acids is 1. The van der Waals surface area contributed by atoms with Gasteiger partial charge in [-0.3, -0.25) is 4.79 Å². The number of alkyl halides is 1. The molecule has 54 valence electrons. The second kappa shape index (κ2) is 4.58. The lowest BCUT2D eigenvalue weighted by Crippen LogP contribution is -2.15. The molecule has 0 aliphatic rings. The van der Waals surface area contributed by atoms with Gasteiger partial charge in [0.25, 0.3) is 0 Å². The molecule has 1 N–H and O–H groups in total. The fraction of sp³-hybridized carbons (Fsp3) is 0.800. The number of rotatable bonds is 3. The molecule has 0 aromatic rings. The number of halogens is 1. The Hall–Kier alpha value is -0.280. The van der Waals surface area contributed by atoms with Gasteiger partial charge in [0.15, 0.2) is 0 Å². The van der Waals surface area contributed by atoms with Gasteiger partial charge >= 0.3 is 5.97 Å². The largest absolute Gasteiger partial charge is 0.469 e. The van der Waals surface area contributed by atoms with E-state index in [-0.39, 0.29) is 12.3 Å². The molecule has 0 aromatic heterocycles. The van der Waals surface area contributed by atoms with Crippen LogP contribution in [0.3, 0.4) is 0 Å². The Bertz CT molecular complexity index is 94.2. The molecule has 0 spiro atoms. The molecule has 0 saturated heterocycles. The predicted molar refractivity (Wildman–Crippen MR) is 33.4 cm³/mol. The Morgan fingerprint density at radius 1 is 1.89 bits per heavy atom. The fourth-order valence-corrected chi connectivity index (χ4v) is 0.439. The monoisotopic (exact) mass is 152 g/mol. The standard InChI is InChI=1S/C5H9ClO3/c1-9-5(8)2-4(7)3-6/h4,7H,2-3H2,1H3. The van der Waals surface area contributed by atoms with E-state index in [0.717, 1.165) is 0 Å². The van der Waals surface area contributed by atoms with Crippen LogP contribution in [0.2, 0.25) is 0 Å². The minimum atomic E-state index is -0.779. The van der Waals surface area contributed by atoms with Crippen molar-refractivity contribution in [3.63, 3.8) is 0 Å². The summed E-state index contributed by atoms with van der Waals surface area (Å²) in [4.78, 5) is 10.3. The summed E-state index contributed by atoms with van der Waals surface area (Å²) in [6, 6.07) is 0. The van der Waals surface area contributed by atoms with Crippen LogP contribution in [0, 0.1) is 0 Å². The first-order chi connectivity index (χ1) is 4.20. The Kier molecular flexibility index (Phi) is 4.44. The third kappa shape index (κ3) is 4.24. The van der Waals surface area contributed by atoms with E-state index < -0.39 is 12.1 Å². The Balaban J connectivity index is 3.34. The first-order valence-electron chi connectivity index (χ1n) is 2.51. The van der Waals surface area contributed by atoms with Crippen molar-refractivity contribution in [3.8, 4) is 0 Å². The fourth-order valence-electron chi connectivity index (χ4n) is 0.330. The molecule has 0 aliphatic heterocycles. The maximum Gasteiger partial charge on any atom is 0.308 e. The zero-order valence-corrected chi connectivity index (χ0v) is 5.89. The molecule has 4 heteroatoms. The molecule has 0 radical (unpaired) electrons. The molecule has 0 fully saturated rings. The molecule has 3 nitrogen and oxygen atoms in total. The molecule has 1 unspecified atom stereocenters. The second-order valence-electron chi connectivity index (χ2n) is 1.59. The zero-order chi connectivity index (χ0) is 7.28. The molecule has 0 heterocycles. The van der Waals surface area contributed by atoms with Gasteiger partial charge in [0.05, 0.1) is 19.6 Å². The number of methoxy groups -OCH3 is 1. The van der Waals surface area contributed by atoms with Crippen molar-refractivity contribution >= 4 is 17.6 Å². The highest BCUT2D eigenvalue weighted by molar-refractivity contribution is 6.18. The maximum atomic E-state index is 10.3. The zero-order valence-electron chi connectivity index (χ0n) is 5.13. The summed E-state index contributed by atoms with van der Waals surface area (Å²) in [7, 11) is 1.27. The minimum absolute atomic E-state index is 0.0278. The summed E-state index contributed by atoms with van der Waals surface area (Å²) in [5.41, 5.74) is 0. The highest BCUT2D eigenvalue weighted by Crippen LogP contribution is 1.95. The molecule has 0 bridgehead atoms. The molecular weight excluding hydrogens is 144 g/mol. The van der Waals surface area contributed by atoms with Crippen LogP contribution in [0.4, 0.5) is 0 Å². The molecular formula is C5H9ClO3. The predicted octanol–water partition coefficient (Wildman–Crippen LogP) is 0.149. The van der Waals surface area contributed by atoms with Crippen molar-refractivity contribution in [2.24, 2.45) is 0 Å². The Labute approximate surface area is 58.6 Å². The van der Waals surface area contributed by atoms with Crippen LogP contribution >= 0.6 is 11.6 Å². The molecule has 1 atom stereocenters. The van der Waals surface area contributed by atoms with Crippen LogP contribution in [0.15, 0.2) is 0 Å². The molecule has 0 amide bonds. The lowest BCUT2D eigenvalue weighted by Gasteiger charge is -2.02. The summed E-state index contributed by atoms with van der Waals surface area (Å²) in [6.45, 7) is 0. The third-order valence-electron chi connectivity index (χ3n) is 0.808. The summed E-state index contributed by atoms with van der Waals surface area (Å²) in [6.07, 6.45) is -0.806. The third-order valence-corrected chi connectivity index (χ3v) is 1.16. The van der Waals surface area contributed by atoms with E-state index in [9.17, 15) is 4.79 Å². The first kappa shape index (κ1) is 8.72. The van der Waals surface area contributed by atoms with Crippen molar-refractivity contribution < 1.29 is 14.6 Å². The van der Waals surface area contributed by atoms with E-state index in [1.165, 1.54) is 7.11 Å². The Morgan fingerprint density at radius 3 is 2.78 bits per heavy atom. The van der Waals surface area contributed by atoms with E-state index in [4.69, 9.17) is 16.7 Å². The SMILES string of the molecule is COC(=O)CC(O)CCl. The number of hydrogen-bond acceptors (Lipinski definition) is 3. The van der Waals surface area contributed by atoms with E-state index in [0.29, 0.717) is 0 Å². The normalized spacial score (nSPS) is 12.8. The van der Waals surface area contributed by atoms with Crippen molar-refractivity contribution in [2.75, 3.05) is 13.0 Å². The number of aliphatic hydroxyl groups is 1. The van der Waals surface area contributed by atoms with Crippen LogP contribution in [-0.2, 0) is 9.53 Å². The molecule has 0 rings (SSSR count). The van der Waals surface area contributed by atoms with Crippen LogP contribution in [-0.4, -0.2) is 30.2 Å². The number of ether oxygens (including phenoxy) is 1. The van der Waals surface area contributed by atoms with Crippen LogP contribution in [0.1, 0.15) is 6.42 Å². The van der Waals surface area contributed by atoms with Gasteiger partial charge in [-0.2, -0.15) is 0 Å². The number of hydrogen-bond donors (Lipinski definition) is 1. The summed E-state index contributed by atoms with van der Waals surface area (Å²) < 4.78 is 4.27. The Morgan fingerprint density at radius 2 is 2.44 bits per heavy atom. The summed E-state index contributed by atoms with van der Waals surface area (Å²) in [5.74, 6) is -0.377. The summed E-state index contributed by atoms with van der Waals surface area (Å²) in [5, 5.41) is 8.73. The number of carbonyl (C=O) groups is 1. The van der Waals surface area contributed by atoms with Gasteiger partial charge in [0.2, 0.25) is 0 Å². The maximum absolute atomic E-state index is 10.3. The van der Waals surface area contributed by atoms with Crippen molar-refractivity contribution in [2.45, 2.75) is 12.5 Å². The van der Waals surface area contributed by atoms with Gasteiger partial charge in [-0.25, -0.2) is 0 Å². The molecule has 0 saturated carbocycles. The van der Waals surface area contributed by atoms with Crippen LogP contribution in [0.5, 0.6) is 0 Å². The molecule has 9 heavy (non-hydrogen) atoms. The van der Waals surface area contributed by atoms with Gasteiger partial charge in [-0.15, -0.1) is 11.6 Å². The number of esters is 1. The van der Waals surface area contributed by atoms with E-state index >= 15 is 0 Å². The lowest BCUT2D eigenvalue weighted by atomic mass is 10.3. The highest BCUT2D eigenvalue weighted by atomic mass is 35.5. The molecule has 0 aliphatic carbocycles. The van der Waals surface area contributed by atoms with Crippen LogP contribution in [0.25, 0.3) is 0 Å². The average Bonchev–Trinajstić information content (AvgIpc) is 1.87. The smallest absolute Gasteiger partial charge is 0.308 e. The summed E-state index contributed by atoms with van der Waals surface area (Å²) >= 11 is 5.20. The van der Waals surface area contributed by atoms with Crippen molar-refractivity contribution in [1.82, 2.24) is 0 Å².